The molecule has 3 heteroatoms. The summed E-state index contributed by atoms with van der Waals surface area (Å²) in [4.78, 5) is 5.25. The van der Waals surface area contributed by atoms with Gasteiger partial charge in [0.25, 0.3) is 0 Å². The molecule has 1 aliphatic heterocycles. The van der Waals surface area contributed by atoms with E-state index in [0.717, 1.165) is 0 Å². The van der Waals surface area contributed by atoms with Crippen molar-refractivity contribution in [3.63, 3.8) is 0 Å². The summed E-state index contributed by atoms with van der Waals surface area (Å²) in [6.07, 6.45) is 1.28. The highest BCUT2D eigenvalue weighted by Gasteiger charge is 2.37. The molecular formula is C15H25BN2. The number of benzene rings is 1. The van der Waals surface area contributed by atoms with E-state index in [9.17, 15) is 0 Å². The second-order valence-corrected chi connectivity index (χ2v) is 5.80. The summed E-state index contributed by atoms with van der Waals surface area (Å²) in [6, 6.07) is 12.1. The molecule has 1 saturated heterocycles. The highest BCUT2D eigenvalue weighted by molar-refractivity contribution is 6.68. The van der Waals surface area contributed by atoms with E-state index >= 15 is 0 Å². The Hall–Kier alpha value is -0.795. The Morgan fingerprint density at radius 1 is 0.889 bits per heavy atom. The molecule has 0 aliphatic carbocycles. The van der Waals surface area contributed by atoms with Crippen molar-refractivity contribution < 1.29 is 0 Å². The molecule has 0 spiro atoms. The van der Waals surface area contributed by atoms with Crippen molar-refractivity contribution >= 4 is 12.4 Å². The molecule has 0 radical (unpaired) electrons. The Labute approximate surface area is 112 Å². The largest absolute Gasteiger partial charge is 0.346 e. The van der Waals surface area contributed by atoms with Crippen LogP contribution in [0.5, 0.6) is 0 Å². The zero-order chi connectivity index (χ0) is 13.1. The van der Waals surface area contributed by atoms with Gasteiger partial charge in [-0.05, 0) is 37.1 Å². The molecule has 2 nitrogen and oxygen atoms in total. The average Bonchev–Trinajstić information content (AvgIpc) is 2.38. The molecule has 1 aliphatic rings. The molecule has 0 unspecified atom stereocenters. The van der Waals surface area contributed by atoms with Gasteiger partial charge in [-0.3, -0.25) is 0 Å². The van der Waals surface area contributed by atoms with Gasteiger partial charge >= 0.3 is 6.98 Å². The van der Waals surface area contributed by atoms with Crippen molar-refractivity contribution in [3.05, 3.63) is 30.3 Å². The molecule has 0 atom stereocenters. The van der Waals surface area contributed by atoms with Crippen LogP contribution in [0.4, 0.5) is 0 Å². The summed E-state index contributed by atoms with van der Waals surface area (Å²) in [5, 5.41) is 0. The second kappa shape index (κ2) is 5.90. The van der Waals surface area contributed by atoms with E-state index < -0.39 is 0 Å². The van der Waals surface area contributed by atoms with E-state index in [-0.39, 0.29) is 0 Å². The molecule has 0 saturated carbocycles. The van der Waals surface area contributed by atoms with Gasteiger partial charge < -0.3 is 9.62 Å². The van der Waals surface area contributed by atoms with Crippen LogP contribution in [-0.4, -0.2) is 41.8 Å². The van der Waals surface area contributed by atoms with Crippen LogP contribution in [0.15, 0.2) is 30.3 Å². The van der Waals surface area contributed by atoms with Crippen molar-refractivity contribution in [2.24, 2.45) is 0 Å². The Kier molecular flexibility index (Phi) is 4.47. The van der Waals surface area contributed by atoms with Gasteiger partial charge in [0.2, 0.25) is 0 Å². The third-order valence-electron chi connectivity index (χ3n) is 3.89. The first-order valence-corrected chi connectivity index (χ1v) is 7.17. The Morgan fingerprint density at radius 2 is 1.39 bits per heavy atom. The first-order valence-electron chi connectivity index (χ1n) is 7.17. The third-order valence-corrected chi connectivity index (χ3v) is 3.89. The quantitative estimate of drug-likeness (QED) is 0.752. The molecule has 2 rings (SSSR count). The topological polar surface area (TPSA) is 6.48 Å². The SMILES string of the molecule is CC(C)N1CCCN(C(C)C)B1c1ccccc1. The van der Waals surface area contributed by atoms with E-state index in [1.54, 1.807) is 0 Å². The molecule has 1 heterocycles. The summed E-state index contributed by atoms with van der Waals surface area (Å²) in [5.74, 6) is 0. The summed E-state index contributed by atoms with van der Waals surface area (Å²) in [6.45, 7) is 12.1. The molecule has 1 aromatic rings. The van der Waals surface area contributed by atoms with Crippen LogP contribution in [0.25, 0.3) is 0 Å². The number of rotatable bonds is 3. The fourth-order valence-corrected chi connectivity index (χ4v) is 2.96. The first-order chi connectivity index (χ1) is 8.61. The zero-order valence-electron chi connectivity index (χ0n) is 12.1. The van der Waals surface area contributed by atoms with E-state index in [0.29, 0.717) is 19.1 Å². The molecule has 0 aromatic heterocycles. The molecule has 0 bridgehead atoms. The summed E-state index contributed by atoms with van der Waals surface area (Å²) < 4.78 is 0. The van der Waals surface area contributed by atoms with Crippen LogP contribution >= 0.6 is 0 Å². The lowest BCUT2D eigenvalue weighted by Crippen LogP contribution is -2.66. The van der Waals surface area contributed by atoms with Crippen LogP contribution < -0.4 is 5.46 Å². The minimum absolute atomic E-state index is 0.444. The van der Waals surface area contributed by atoms with Crippen molar-refractivity contribution in [2.75, 3.05) is 13.1 Å². The monoisotopic (exact) mass is 244 g/mol. The van der Waals surface area contributed by atoms with Crippen LogP contribution in [0.3, 0.4) is 0 Å². The van der Waals surface area contributed by atoms with Crippen LogP contribution in [0.1, 0.15) is 34.1 Å². The number of hydrogen-bond donors (Lipinski definition) is 0. The number of nitrogens with zero attached hydrogens (tertiary/aromatic N) is 2. The first kappa shape index (κ1) is 13.6. The maximum atomic E-state index is 2.62. The maximum Gasteiger partial charge on any atom is 0.346 e. The predicted octanol–water partition coefficient (Wildman–Crippen LogP) is 2.21. The van der Waals surface area contributed by atoms with Crippen LogP contribution in [0.2, 0.25) is 0 Å². The minimum Gasteiger partial charge on any atom is -0.322 e. The van der Waals surface area contributed by atoms with E-state index in [2.05, 4.69) is 67.6 Å². The molecule has 1 fully saturated rings. The zero-order valence-corrected chi connectivity index (χ0v) is 12.1. The van der Waals surface area contributed by atoms with E-state index in [1.807, 2.05) is 0 Å². The van der Waals surface area contributed by atoms with Gasteiger partial charge in [0.1, 0.15) is 0 Å². The van der Waals surface area contributed by atoms with Gasteiger partial charge in [-0.1, -0.05) is 58.0 Å². The molecule has 98 valence electrons. The van der Waals surface area contributed by atoms with Crippen molar-refractivity contribution in [3.8, 4) is 0 Å². The van der Waals surface area contributed by atoms with Crippen LogP contribution in [0, 0.1) is 0 Å². The highest BCUT2D eigenvalue weighted by Crippen LogP contribution is 2.17. The predicted molar refractivity (Wildman–Crippen MR) is 80.1 cm³/mol. The third kappa shape index (κ3) is 2.78. The molecule has 0 N–H and O–H groups in total. The summed E-state index contributed by atoms with van der Waals surface area (Å²) >= 11 is 0. The molecule has 1 aromatic carbocycles. The number of hydrogen-bond acceptors (Lipinski definition) is 2. The molecule has 0 amide bonds. The smallest absolute Gasteiger partial charge is 0.322 e. The van der Waals surface area contributed by atoms with Crippen LogP contribution in [-0.2, 0) is 0 Å². The van der Waals surface area contributed by atoms with Gasteiger partial charge in [-0.25, -0.2) is 0 Å². The van der Waals surface area contributed by atoms with E-state index in [4.69, 9.17) is 0 Å². The Bertz CT molecular complexity index is 348. The van der Waals surface area contributed by atoms with Gasteiger partial charge in [0.15, 0.2) is 0 Å². The standard InChI is InChI=1S/C15H25BN2/c1-13(2)17-11-8-12-18(14(3)4)16(17)15-9-6-5-7-10-15/h5-7,9-10,13-14H,8,11-12H2,1-4H3. The second-order valence-electron chi connectivity index (χ2n) is 5.80. The minimum atomic E-state index is 0.444. The molecular weight excluding hydrogens is 219 g/mol. The van der Waals surface area contributed by atoms with Crippen molar-refractivity contribution in [1.82, 2.24) is 9.62 Å². The summed E-state index contributed by atoms with van der Waals surface area (Å²) in [7, 11) is 0. The summed E-state index contributed by atoms with van der Waals surface area (Å²) in [5.41, 5.74) is 1.43. The van der Waals surface area contributed by atoms with Gasteiger partial charge in [0, 0.05) is 0 Å². The fraction of sp³-hybridized carbons (Fsp3) is 0.600. The Morgan fingerprint density at radius 3 is 1.83 bits per heavy atom. The highest BCUT2D eigenvalue weighted by atomic mass is 15.3. The van der Waals surface area contributed by atoms with Crippen molar-refractivity contribution in [1.29, 1.82) is 0 Å². The van der Waals surface area contributed by atoms with Gasteiger partial charge in [0.05, 0.1) is 0 Å². The van der Waals surface area contributed by atoms with Gasteiger partial charge in [-0.2, -0.15) is 0 Å². The lowest BCUT2D eigenvalue weighted by Gasteiger charge is -2.45. The maximum absolute atomic E-state index is 2.62. The normalized spacial score (nSPS) is 18.9. The average molecular weight is 244 g/mol. The Balaban J connectivity index is 2.32. The van der Waals surface area contributed by atoms with Crippen molar-refractivity contribution in [2.45, 2.75) is 46.2 Å². The molecule has 18 heavy (non-hydrogen) atoms. The lowest BCUT2D eigenvalue weighted by atomic mass is 9.61. The van der Waals surface area contributed by atoms with Gasteiger partial charge in [-0.15, -0.1) is 0 Å². The lowest BCUT2D eigenvalue weighted by molar-refractivity contribution is 0.232. The fourth-order valence-electron chi connectivity index (χ4n) is 2.96. The van der Waals surface area contributed by atoms with E-state index in [1.165, 1.54) is 25.0 Å².